The summed E-state index contributed by atoms with van der Waals surface area (Å²) in [5, 5.41) is 0. The summed E-state index contributed by atoms with van der Waals surface area (Å²) in [4.78, 5) is 4.05. The fourth-order valence-electron chi connectivity index (χ4n) is 1.29. The molecule has 0 radical (unpaired) electrons. The maximum Gasteiger partial charge on any atom is 0.219 e. The summed E-state index contributed by atoms with van der Waals surface area (Å²) >= 11 is 0. The Bertz CT molecular complexity index is 360. The Balaban J connectivity index is 2.40. The maximum absolute atomic E-state index is 13.3. The number of hydrogen-bond acceptors (Lipinski definition) is 2. The lowest BCUT2D eigenvalue weighted by Crippen LogP contribution is -2.04. The molecule has 0 unspecified atom stereocenters. The van der Waals surface area contributed by atoms with E-state index in [1.54, 1.807) is 6.07 Å². The van der Waals surface area contributed by atoms with Crippen LogP contribution in [0.25, 0.3) is 0 Å². The molecule has 2 rings (SSSR count). The molecular formula is C10H10FNO. The van der Waals surface area contributed by atoms with Crippen LogP contribution in [0.2, 0.25) is 0 Å². The summed E-state index contributed by atoms with van der Waals surface area (Å²) in [6.07, 6.45) is 0. The van der Waals surface area contributed by atoms with Crippen molar-refractivity contribution in [2.45, 2.75) is 6.92 Å². The zero-order chi connectivity index (χ0) is 9.26. The molecule has 1 aliphatic rings. The van der Waals surface area contributed by atoms with Gasteiger partial charge in [-0.1, -0.05) is 6.07 Å². The predicted octanol–water partition coefficient (Wildman–Crippen LogP) is 1.91. The van der Waals surface area contributed by atoms with Gasteiger partial charge in [0.05, 0.1) is 12.1 Å². The van der Waals surface area contributed by atoms with Crippen LogP contribution in [0, 0.1) is 12.7 Å². The minimum Gasteiger partial charge on any atom is -0.475 e. The molecule has 2 nitrogen and oxygen atoms in total. The van der Waals surface area contributed by atoms with E-state index in [2.05, 4.69) is 4.99 Å². The summed E-state index contributed by atoms with van der Waals surface area (Å²) in [6, 6.07) is 5.04. The van der Waals surface area contributed by atoms with Crippen molar-refractivity contribution < 1.29 is 9.13 Å². The molecule has 0 N–H and O–H groups in total. The SMILES string of the molecule is Cc1ccc(C2=NCCO2)c(F)c1. The highest BCUT2D eigenvalue weighted by atomic mass is 19.1. The summed E-state index contributed by atoms with van der Waals surface area (Å²) in [5.41, 5.74) is 1.36. The molecule has 13 heavy (non-hydrogen) atoms. The Morgan fingerprint density at radius 2 is 2.31 bits per heavy atom. The summed E-state index contributed by atoms with van der Waals surface area (Å²) in [5.74, 6) is 0.165. The zero-order valence-corrected chi connectivity index (χ0v) is 7.38. The Hall–Kier alpha value is -1.38. The second-order valence-electron chi connectivity index (χ2n) is 3.02. The Kier molecular flexibility index (Phi) is 2.00. The second-order valence-corrected chi connectivity index (χ2v) is 3.02. The van der Waals surface area contributed by atoms with Gasteiger partial charge in [-0.15, -0.1) is 0 Å². The van der Waals surface area contributed by atoms with Gasteiger partial charge in [0.25, 0.3) is 0 Å². The highest BCUT2D eigenvalue weighted by Crippen LogP contribution is 2.13. The lowest BCUT2D eigenvalue weighted by atomic mass is 10.1. The Morgan fingerprint density at radius 3 is 2.92 bits per heavy atom. The number of hydrogen-bond donors (Lipinski definition) is 0. The first-order valence-electron chi connectivity index (χ1n) is 4.21. The summed E-state index contributed by atoms with van der Waals surface area (Å²) in [7, 11) is 0. The molecule has 1 aliphatic heterocycles. The standard InChI is InChI=1S/C10H10FNO/c1-7-2-3-8(9(11)6-7)10-12-4-5-13-10/h2-3,6H,4-5H2,1H3. The largest absolute Gasteiger partial charge is 0.475 e. The van der Waals surface area contributed by atoms with Gasteiger partial charge in [-0.25, -0.2) is 9.38 Å². The third kappa shape index (κ3) is 1.54. The van der Waals surface area contributed by atoms with Crippen LogP contribution in [-0.2, 0) is 4.74 Å². The normalized spacial score (nSPS) is 15.4. The van der Waals surface area contributed by atoms with E-state index in [0.717, 1.165) is 5.56 Å². The van der Waals surface area contributed by atoms with E-state index < -0.39 is 0 Å². The molecule has 1 aromatic carbocycles. The molecule has 0 bridgehead atoms. The van der Waals surface area contributed by atoms with Crippen LogP contribution in [0.1, 0.15) is 11.1 Å². The smallest absolute Gasteiger partial charge is 0.219 e. The molecular weight excluding hydrogens is 169 g/mol. The molecule has 3 heteroatoms. The molecule has 1 heterocycles. The Morgan fingerprint density at radius 1 is 1.46 bits per heavy atom. The van der Waals surface area contributed by atoms with Crippen molar-refractivity contribution in [2.24, 2.45) is 4.99 Å². The van der Waals surface area contributed by atoms with Crippen molar-refractivity contribution in [1.29, 1.82) is 0 Å². The van der Waals surface area contributed by atoms with Crippen LogP contribution >= 0.6 is 0 Å². The third-order valence-electron chi connectivity index (χ3n) is 1.94. The molecule has 68 valence electrons. The molecule has 1 aromatic rings. The van der Waals surface area contributed by atoms with Crippen molar-refractivity contribution in [3.63, 3.8) is 0 Å². The number of benzene rings is 1. The first kappa shape index (κ1) is 8.23. The van der Waals surface area contributed by atoms with Crippen LogP contribution < -0.4 is 0 Å². The summed E-state index contributed by atoms with van der Waals surface area (Å²) in [6.45, 7) is 3.04. The molecule has 0 saturated heterocycles. The van der Waals surface area contributed by atoms with Gasteiger partial charge in [-0.3, -0.25) is 0 Å². The van der Waals surface area contributed by atoms with Crippen LogP contribution in [0.3, 0.4) is 0 Å². The van der Waals surface area contributed by atoms with Gasteiger partial charge >= 0.3 is 0 Å². The number of nitrogens with zero attached hydrogens (tertiary/aromatic N) is 1. The van der Waals surface area contributed by atoms with E-state index >= 15 is 0 Å². The first-order valence-corrected chi connectivity index (χ1v) is 4.21. The lowest BCUT2D eigenvalue weighted by Gasteiger charge is -2.03. The van der Waals surface area contributed by atoms with Crippen molar-refractivity contribution in [1.82, 2.24) is 0 Å². The minimum absolute atomic E-state index is 0.263. The van der Waals surface area contributed by atoms with Gasteiger partial charge in [0.15, 0.2) is 0 Å². The molecule has 0 spiro atoms. The van der Waals surface area contributed by atoms with E-state index in [9.17, 15) is 4.39 Å². The number of halogens is 1. The molecule has 0 atom stereocenters. The first-order chi connectivity index (χ1) is 6.27. The molecule has 0 aliphatic carbocycles. The van der Waals surface area contributed by atoms with Crippen LogP contribution in [-0.4, -0.2) is 19.0 Å². The van der Waals surface area contributed by atoms with Gasteiger partial charge in [0, 0.05) is 0 Å². The highest BCUT2D eigenvalue weighted by Gasteiger charge is 2.14. The van der Waals surface area contributed by atoms with Crippen LogP contribution in [0.15, 0.2) is 23.2 Å². The van der Waals surface area contributed by atoms with E-state index in [1.165, 1.54) is 6.07 Å². The van der Waals surface area contributed by atoms with Gasteiger partial charge in [-0.2, -0.15) is 0 Å². The van der Waals surface area contributed by atoms with E-state index in [-0.39, 0.29) is 5.82 Å². The fraction of sp³-hybridized carbons (Fsp3) is 0.300. The predicted molar refractivity (Wildman–Crippen MR) is 48.5 cm³/mol. The summed E-state index contributed by atoms with van der Waals surface area (Å²) < 4.78 is 18.5. The van der Waals surface area contributed by atoms with Crippen molar-refractivity contribution in [3.8, 4) is 0 Å². The van der Waals surface area contributed by atoms with Crippen molar-refractivity contribution in [2.75, 3.05) is 13.2 Å². The quantitative estimate of drug-likeness (QED) is 0.645. The fourth-order valence-corrected chi connectivity index (χ4v) is 1.29. The third-order valence-corrected chi connectivity index (χ3v) is 1.94. The lowest BCUT2D eigenvalue weighted by molar-refractivity contribution is 0.347. The van der Waals surface area contributed by atoms with Gasteiger partial charge < -0.3 is 4.74 Å². The van der Waals surface area contributed by atoms with Crippen molar-refractivity contribution in [3.05, 3.63) is 35.1 Å². The van der Waals surface area contributed by atoms with Gasteiger partial charge in [0.1, 0.15) is 12.4 Å². The number of ether oxygens (including phenoxy) is 1. The van der Waals surface area contributed by atoms with Crippen LogP contribution in [0.5, 0.6) is 0 Å². The molecule has 0 fully saturated rings. The molecule has 0 amide bonds. The average Bonchev–Trinajstić information content (AvgIpc) is 2.56. The molecule has 0 aromatic heterocycles. The van der Waals surface area contributed by atoms with Gasteiger partial charge in [-0.05, 0) is 24.6 Å². The number of rotatable bonds is 1. The average molecular weight is 179 g/mol. The van der Waals surface area contributed by atoms with E-state index in [4.69, 9.17) is 4.74 Å². The molecule has 0 saturated carbocycles. The topological polar surface area (TPSA) is 21.6 Å². The van der Waals surface area contributed by atoms with Gasteiger partial charge in [0.2, 0.25) is 5.90 Å². The van der Waals surface area contributed by atoms with E-state index in [0.29, 0.717) is 24.6 Å². The monoisotopic (exact) mass is 179 g/mol. The van der Waals surface area contributed by atoms with Crippen LogP contribution in [0.4, 0.5) is 4.39 Å². The maximum atomic E-state index is 13.3. The second kappa shape index (κ2) is 3.17. The number of aliphatic imine (C=N–C) groups is 1. The minimum atomic E-state index is -0.263. The zero-order valence-electron chi connectivity index (χ0n) is 7.38. The highest BCUT2D eigenvalue weighted by molar-refractivity contribution is 5.95. The Labute approximate surface area is 76.1 Å². The van der Waals surface area contributed by atoms with E-state index in [1.807, 2.05) is 13.0 Å². The van der Waals surface area contributed by atoms with Crippen molar-refractivity contribution >= 4 is 5.90 Å². The number of aryl methyl sites for hydroxylation is 1.